The van der Waals surface area contributed by atoms with Gasteiger partial charge < -0.3 is 10.1 Å². The zero-order valence-electron chi connectivity index (χ0n) is 15.0. The maximum Gasteiger partial charge on any atom is 0.234 e. The number of ether oxygens (including phenoxy) is 1. The third kappa shape index (κ3) is 4.72. The Kier molecular flexibility index (Phi) is 6.20. The number of nitrogens with zero attached hydrogens (tertiary/aromatic N) is 3. The predicted molar refractivity (Wildman–Crippen MR) is 103 cm³/mol. The topological polar surface area (TPSA) is 69.0 Å². The number of rotatable bonds is 7. The molecule has 0 aliphatic heterocycles. The van der Waals surface area contributed by atoms with Gasteiger partial charge in [-0.1, -0.05) is 36.0 Å². The number of nitrogens with one attached hydrogen (secondary N) is 1. The fourth-order valence-electron chi connectivity index (χ4n) is 2.50. The van der Waals surface area contributed by atoms with Gasteiger partial charge >= 0.3 is 0 Å². The normalized spacial score (nSPS) is 10.8. The Labute approximate surface area is 160 Å². The molecular formula is C19H19FN4O2S. The molecule has 0 saturated carbocycles. The average molecular weight is 386 g/mol. The van der Waals surface area contributed by atoms with Crippen molar-refractivity contribution in [3.05, 3.63) is 65.7 Å². The van der Waals surface area contributed by atoms with Crippen LogP contribution in [0.1, 0.15) is 11.4 Å². The van der Waals surface area contributed by atoms with E-state index in [1.807, 2.05) is 41.8 Å². The number of carbonyl (C=O) groups excluding carboxylic acids is 1. The Hall–Kier alpha value is -2.71. The molecule has 0 spiro atoms. The number of para-hydroxylation sites is 1. The first-order chi connectivity index (χ1) is 13.1. The summed E-state index contributed by atoms with van der Waals surface area (Å²) in [5.41, 5.74) is 2.15. The van der Waals surface area contributed by atoms with Crippen LogP contribution in [-0.2, 0) is 16.1 Å². The lowest BCUT2D eigenvalue weighted by atomic mass is 10.2. The number of benzene rings is 2. The van der Waals surface area contributed by atoms with E-state index in [0.29, 0.717) is 23.3 Å². The van der Waals surface area contributed by atoms with Gasteiger partial charge in [-0.25, -0.2) is 4.39 Å². The molecule has 0 aliphatic rings. The van der Waals surface area contributed by atoms with E-state index in [1.165, 1.54) is 23.9 Å². The third-order valence-electron chi connectivity index (χ3n) is 3.79. The van der Waals surface area contributed by atoms with E-state index in [0.717, 1.165) is 11.3 Å². The molecule has 0 radical (unpaired) electrons. The van der Waals surface area contributed by atoms with E-state index >= 15 is 0 Å². The van der Waals surface area contributed by atoms with Gasteiger partial charge in [-0.3, -0.25) is 9.36 Å². The van der Waals surface area contributed by atoms with Gasteiger partial charge in [0.25, 0.3) is 0 Å². The van der Waals surface area contributed by atoms with Crippen molar-refractivity contribution in [2.24, 2.45) is 0 Å². The summed E-state index contributed by atoms with van der Waals surface area (Å²) >= 11 is 1.25. The molecule has 8 heteroatoms. The minimum Gasteiger partial charge on any atom is -0.377 e. The molecule has 0 saturated heterocycles. The van der Waals surface area contributed by atoms with Gasteiger partial charge in [-0.2, -0.15) is 0 Å². The summed E-state index contributed by atoms with van der Waals surface area (Å²) in [7, 11) is 1.59. The van der Waals surface area contributed by atoms with Crippen molar-refractivity contribution in [1.82, 2.24) is 14.8 Å². The van der Waals surface area contributed by atoms with Crippen LogP contribution in [0.25, 0.3) is 5.69 Å². The molecule has 0 atom stereocenters. The number of anilines is 1. The second-order valence-corrected chi connectivity index (χ2v) is 6.74. The van der Waals surface area contributed by atoms with Gasteiger partial charge in [-0.05, 0) is 36.8 Å². The number of hydrogen-bond donors (Lipinski definition) is 1. The standard InChI is InChI=1S/C19H19FN4O2S/c1-13-8-9-14(20)10-16(13)21-18(25)12-27-19-23-22-17(11-26-2)24(19)15-6-4-3-5-7-15/h3-10H,11-12H2,1-2H3,(H,21,25). The van der Waals surface area contributed by atoms with Gasteiger partial charge in [0.15, 0.2) is 11.0 Å². The first-order valence-electron chi connectivity index (χ1n) is 8.26. The highest BCUT2D eigenvalue weighted by atomic mass is 32.2. The van der Waals surface area contributed by atoms with Gasteiger partial charge in [0.1, 0.15) is 12.4 Å². The molecule has 1 amide bonds. The van der Waals surface area contributed by atoms with E-state index in [-0.39, 0.29) is 11.7 Å². The van der Waals surface area contributed by atoms with Crippen LogP contribution in [0, 0.1) is 12.7 Å². The van der Waals surface area contributed by atoms with Crippen LogP contribution in [-0.4, -0.2) is 33.5 Å². The minimum atomic E-state index is -0.392. The summed E-state index contributed by atoms with van der Waals surface area (Å²) < 4.78 is 20.4. The number of halogens is 1. The molecule has 0 aliphatic carbocycles. The Bertz CT molecular complexity index is 931. The third-order valence-corrected chi connectivity index (χ3v) is 4.72. The van der Waals surface area contributed by atoms with Crippen molar-refractivity contribution in [1.29, 1.82) is 0 Å². The lowest BCUT2D eigenvalue weighted by Gasteiger charge is -2.10. The lowest BCUT2D eigenvalue weighted by Crippen LogP contribution is -2.15. The summed E-state index contributed by atoms with van der Waals surface area (Å²) in [5, 5.41) is 11.6. The number of hydrogen-bond acceptors (Lipinski definition) is 5. The molecule has 1 heterocycles. The summed E-state index contributed by atoms with van der Waals surface area (Å²) in [5.74, 6) is 0.127. The molecule has 0 fully saturated rings. The molecule has 6 nitrogen and oxygen atoms in total. The second-order valence-electron chi connectivity index (χ2n) is 5.80. The van der Waals surface area contributed by atoms with E-state index < -0.39 is 5.82 Å². The zero-order chi connectivity index (χ0) is 19.2. The van der Waals surface area contributed by atoms with Crippen LogP contribution in [0.2, 0.25) is 0 Å². The molecule has 0 unspecified atom stereocenters. The Morgan fingerprint density at radius 2 is 2.00 bits per heavy atom. The summed E-state index contributed by atoms with van der Waals surface area (Å²) in [6, 6.07) is 13.9. The molecule has 27 heavy (non-hydrogen) atoms. The van der Waals surface area contributed by atoms with Crippen LogP contribution in [0.5, 0.6) is 0 Å². The van der Waals surface area contributed by atoms with Crippen molar-refractivity contribution in [2.45, 2.75) is 18.7 Å². The van der Waals surface area contributed by atoms with Crippen LogP contribution in [0.15, 0.2) is 53.7 Å². The fraction of sp³-hybridized carbons (Fsp3) is 0.211. The number of thioether (sulfide) groups is 1. The van der Waals surface area contributed by atoms with Gasteiger partial charge in [0.05, 0.1) is 5.75 Å². The van der Waals surface area contributed by atoms with E-state index in [2.05, 4.69) is 15.5 Å². The number of aryl methyl sites for hydroxylation is 1. The predicted octanol–water partition coefficient (Wildman–Crippen LogP) is 3.59. The Morgan fingerprint density at radius 1 is 1.22 bits per heavy atom. The number of methoxy groups -OCH3 is 1. The maximum absolute atomic E-state index is 13.4. The van der Waals surface area contributed by atoms with E-state index in [1.54, 1.807) is 13.2 Å². The zero-order valence-corrected chi connectivity index (χ0v) is 15.8. The highest BCUT2D eigenvalue weighted by Crippen LogP contribution is 2.23. The van der Waals surface area contributed by atoms with Crippen LogP contribution >= 0.6 is 11.8 Å². The smallest absolute Gasteiger partial charge is 0.234 e. The Balaban J connectivity index is 1.74. The summed E-state index contributed by atoms with van der Waals surface area (Å²) in [6.07, 6.45) is 0. The Morgan fingerprint density at radius 3 is 2.74 bits per heavy atom. The highest BCUT2D eigenvalue weighted by molar-refractivity contribution is 7.99. The number of amides is 1. The molecule has 0 bridgehead atoms. The van der Waals surface area contributed by atoms with Crippen LogP contribution in [0.4, 0.5) is 10.1 Å². The second kappa shape index (κ2) is 8.79. The average Bonchev–Trinajstić information content (AvgIpc) is 3.07. The quantitative estimate of drug-likeness (QED) is 0.629. The fourth-order valence-corrected chi connectivity index (χ4v) is 3.27. The van der Waals surface area contributed by atoms with Gasteiger partial charge in [0.2, 0.25) is 5.91 Å². The van der Waals surface area contributed by atoms with Crippen molar-refractivity contribution in [3.63, 3.8) is 0 Å². The molecule has 1 aromatic heterocycles. The lowest BCUT2D eigenvalue weighted by molar-refractivity contribution is -0.113. The molecular weight excluding hydrogens is 367 g/mol. The monoisotopic (exact) mass is 386 g/mol. The SMILES string of the molecule is COCc1nnc(SCC(=O)Nc2cc(F)ccc2C)n1-c1ccccc1. The van der Waals surface area contributed by atoms with Gasteiger partial charge in [0, 0.05) is 18.5 Å². The maximum atomic E-state index is 13.4. The van der Waals surface area contributed by atoms with E-state index in [4.69, 9.17) is 4.74 Å². The number of aromatic nitrogens is 3. The number of carbonyl (C=O) groups is 1. The van der Waals surface area contributed by atoms with Crippen LogP contribution in [0.3, 0.4) is 0 Å². The van der Waals surface area contributed by atoms with Crippen molar-refractivity contribution >= 4 is 23.4 Å². The summed E-state index contributed by atoms with van der Waals surface area (Å²) in [4.78, 5) is 12.3. The molecule has 3 rings (SSSR count). The highest BCUT2D eigenvalue weighted by Gasteiger charge is 2.16. The molecule has 1 N–H and O–H groups in total. The first-order valence-corrected chi connectivity index (χ1v) is 9.24. The largest absolute Gasteiger partial charge is 0.377 e. The van der Waals surface area contributed by atoms with Gasteiger partial charge in [-0.15, -0.1) is 10.2 Å². The van der Waals surface area contributed by atoms with Crippen LogP contribution < -0.4 is 5.32 Å². The molecule has 3 aromatic rings. The molecule has 2 aromatic carbocycles. The summed E-state index contributed by atoms with van der Waals surface area (Å²) in [6.45, 7) is 2.11. The van der Waals surface area contributed by atoms with Crippen molar-refractivity contribution in [2.75, 3.05) is 18.2 Å². The first kappa shape index (κ1) is 19.1. The molecule has 140 valence electrons. The van der Waals surface area contributed by atoms with E-state index in [9.17, 15) is 9.18 Å². The van der Waals surface area contributed by atoms with Crippen molar-refractivity contribution < 1.29 is 13.9 Å². The van der Waals surface area contributed by atoms with Crippen molar-refractivity contribution in [3.8, 4) is 5.69 Å². The minimum absolute atomic E-state index is 0.119.